The van der Waals surface area contributed by atoms with E-state index in [1.807, 2.05) is 32.0 Å². The van der Waals surface area contributed by atoms with E-state index in [1.165, 1.54) is 18.2 Å². The van der Waals surface area contributed by atoms with Crippen LogP contribution in [0.3, 0.4) is 0 Å². The smallest absolute Gasteiger partial charge is 0.550 e. The maximum atomic E-state index is 13.8. The van der Waals surface area contributed by atoms with E-state index in [2.05, 4.69) is 4.98 Å². The molecule has 0 amide bonds. The number of hydrogen-bond donors (Lipinski definition) is 2. The molecule has 2 atom stereocenters. The second kappa shape index (κ2) is 15.0. The van der Waals surface area contributed by atoms with Crippen LogP contribution in [0.5, 0.6) is 11.5 Å². The van der Waals surface area contributed by atoms with E-state index in [0.717, 1.165) is 16.7 Å². The van der Waals surface area contributed by atoms with Crippen LogP contribution < -0.4 is 44.1 Å². The van der Waals surface area contributed by atoms with Gasteiger partial charge in [0.25, 0.3) is 0 Å². The van der Waals surface area contributed by atoms with Crippen molar-refractivity contribution >= 4 is 12.0 Å². The third-order valence-corrected chi connectivity index (χ3v) is 5.80. The fourth-order valence-corrected chi connectivity index (χ4v) is 4.01. The van der Waals surface area contributed by atoms with Gasteiger partial charge in [0.15, 0.2) is 11.5 Å². The topological polar surface area (TPSA) is 112 Å². The summed E-state index contributed by atoms with van der Waals surface area (Å²) in [6.45, 7) is 4.23. The van der Waals surface area contributed by atoms with Crippen molar-refractivity contribution in [1.29, 1.82) is 0 Å². The Kier molecular flexibility index (Phi) is 12.4. The largest absolute Gasteiger partial charge is 1.00 e. The number of carbonyl (C=O) groups is 1. The van der Waals surface area contributed by atoms with Gasteiger partial charge < -0.3 is 29.6 Å². The molecule has 0 radical (unpaired) electrons. The molecule has 0 bridgehead atoms. The SMILES string of the molecule is COc1cc(C(C)C)c(/C=C/C(O)CC(O)CC(=O)[O-])c(-c2ccc(F)cc2)c1OCc1cccnc1.[Na+]. The summed E-state index contributed by atoms with van der Waals surface area (Å²) < 4.78 is 25.8. The summed E-state index contributed by atoms with van der Waals surface area (Å²) in [4.78, 5) is 14.9. The van der Waals surface area contributed by atoms with Crippen molar-refractivity contribution in [2.24, 2.45) is 0 Å². The van der Waals surface area contributed by atoms with E-state index in [-0.39, 0.29) is 54.3 Å². The molecule has 196 valence electrons. The van der Waals surface area contributed by atoms with Gasteiger partial charge in [0.2, 0.25) is 0 Å². The Balaban J connectivity index is 0.00000507. The van der Waals surface area contributed by atoms with Crippen LogP contribution in [0.25, 0.3) is 17.2 Å². The average Bonchev–Trinajstić information content (AvgIpc) is 2.86. The standard InChI is InChI=1S/C29H32FNO6.Na/c1-18(2)25-15-26(36-3)29(37-17-19-5-4-12-31-16-19)28(20-6-8-21(30)9-7-20)24(25)11-10-22(32)13-23(33)14-27(34)35;/h4-12,15-16,18,22-23,32-33H,13-14,17H2,1-3H3,(H,34,35);/q;+1/p-1/b11-10+;. The zero-order valence-electron chi connectivity index (χ0n) is 22.1. The van der Waals surface area contributed by atoms with Crippen molar-refractivity contribution in [1.82, 2.24) is 4.98 Å². The zero-order valence-corrected chi connectivity index (χ0v) is 24.1. The number of ether oxygens (including phenoxy) is 2. The van der Waals surface area contributed by atoms with Crippen molar-refractivity contribution in [3.8, 4) is 22.6 Å². The molecule has 0 fully saturated rings. The van der Waals surface area contributed by atoms with E-state index in [4.69, 9.17) is 9.47 Å². The van der Waals surface area contributed by atoms with Gasteiger partial charge in [-0.05, 0) is 46.9 Å². The van der Waals surface area contributed by atoms with Crippen LogP contribution in [-0.2, 0) is 11.4 Å². The molecule has 7 nitrogen and oxygen atoms in total. The van der Waals surface area contributed by atoms with Crippen LogP contribution in [0.1, 0.15) is 49.3 Å². The molecule has 0 saturated carbocycles. The molecule has 2 aromatic carbocycles. The van der Waals surface area contributed by atoms with Gasteiger partial charge in [-0.25, -0.2) is 4.39 Å². The molecule has 1 heterocycles. The number of methoxy groups -OCH3 is 1. The molecule has 38 heavy (non-hydrogen) atoms. The Bertz CT molecular complexity index is 1220. The van der Waals surface area contributed by atoms with E-state index in [9.17, 15) is 24.5 Å². The minimum Gasteiger partial charge on any atom is -0.550 e. The third kappa shape index (κ3) is 8.64. The maximum Gasteiger partial charge on any atom is 1.00 e. The molecule has 1 aromatic heterocycles. The summed E-state index contributed by atoms with van der Waals surface area (Å²) in [6.07, 6.45) is 3.46. The maximum absolute atomic E-state index is 13.8. The summed E-state index contributed by atoms with van der Waals surface area (Å²) in [7, 11) is 1.54. The fraction of sp³-hybridized carbons (Fsp3) is 0.310. The molecular weight excluding hydrogens is 500 g/mol. The molecule has 9 heteroatoms. The van der Waals surface area contributed by atoms with Gasteiger partial charge in [-0.1, -0.05) is 44.2 Å². The van der Waals surface area contributed by atoms with Gasteiger partial charge in [-0.15, -0.1) is 0 Å². The predicted octanol–water partition coefficient (Wildman–Crippen LogP) is 0.868. The van der Waals surface area contributed by atoms with E-state index in [1.54, 1.807) is 37.7 Å². The van der Waals surface area contributed by atoms with Crippen molar-refractivity contribution in [3.05, 3.63) is 83.4 Å². The van der Waals surface area contributed by atoms with Gasteiger partial charge in [0, 0.05) is 42.3 Å². The summed E-state index contributed by atoms with van der Waals surface area (Å²) in [6, 6.07) is 11.6. The van der Waals surface area contributed by atoms with Gasteiger partial charge in [-0.3, -0.25) is 4.98 Å². The molecular formula is C29H31FNNaO6. The van der Waals surface area contributed by atoms with Crippen molar-refractivity contribution in [2.75, 3.05) is 7.11 Å². The Morgan fingerprint density at radius 1 is 1.18 bits per heavy atom. The minimum atomic E-state index is -1.39. The predicted molar refractivity (Wildman–Crippen MR) is 136 cm³/mol. The molecule has 0 aliphatic rings. The molecule has 2 N–H and O–H groups in total. The Morgan fingerprint density at radius 2 is 1.89 bits per heavy atom. The molecule has 0 saturated heterocycles. The first kappa shape index (κ1) is 31.5. The first-order chi connectivity index (χ1) is 17.7. The van der Waals surface area contributed by atoms with Crippen LogP contribution in [0.4, 0.5) is 4.39 Å². The van der Waals surface area contributed by atoms with E-state index in [0.29, 0.717) is 22.6 Å². The van der Waals surface area contributed by atoms with Gasteiger partial charge in [-0.2, -0.15) is 0 Å². The number of pyridine rings is 1. The van der Waals surface area contributed by atoms with Crippen molar-refractivity contribution < 1.29 is 63.5 Å². The molecule has 3 aromatic rings. The Hall–Kier alpha value is -2.75. The quantitative estimate of drug-likeness (QED) is 0.334. The number of carbonyl (C=O) groups excluding carboxylic acids is 1. The Morgan fingerprint density at radius 3 is 2.47 bits per heavy atom. The number of aliphatic hydroxyl groups excluding tert-OH is 2. The number of aliphatic carboxylic acids is 1. The van der Waals surface area contributed by atoms with Gasteiger partial charge in [0.1, 0.15) is 12.4 Å². The number of benzene rings is 2. The first-order valence-corrected chi connectivity index (χ1v) is 12.0. The van der Waals surface area contributed by atoms with Crippen LogP contribution >= 0.6 is 0 Å². The van der Waals surface area contributed by atoms with Crippen LogP contribution in [0, 0.1) is 5.82 Å². The van der Waals surface area contributed by atoms with Gasteiger partial charge in [0.05, 0.1) is 19.3 Å². The number of nitrogens with zero attached hydrogens (tertiary/aromatic N) is 1. The number of rotatable bonds is 12. The number of hydrogen-bond acceptors (Lipinski definition) is 7. The Labute approximate surface area is 244 Å². The third-order valence-electron chi connectivity index (χ3n) is 5.80. The molecule has 0 aliphatic heterocycles. The number of halogens is 1. The minimum absolute atomic E-state index is 0. The van der Waals surface area contributed by atoms with E-state index >= 15 is 0 Å². The molecule has 2 unspecified atom stereocenters. The second-order valence-corrected chi connectivity index (χ2v) is 8.99. The number of aromatic nitrogens is 1. The average molecular weight is 532 g/mol. The zero-order chi connectivity index (χ0) is 26.9. The molecule has 3 rings (SSSR count). The molecule has 0 aliphatic carbocycles. The van der Waals surface area contributed by atoms with Gasteiger partial charge >= 0.3 is 29.6 Å². The number of aliphatic hydroxyl groups is 2. The van der Waals surface area contributed by atoms with Crippen molar-refractivity contribution in [3.63, 3.8) is 0 Å². The number of carboxylic acids is 1. The summed E-state index contributed by atoms with van der Waals surface area (Å²) in [5.74, 6) is -0.804. The second-order valence-electron chi connectivity index (χ2n) is 8.99. The normalized spacial score (nSPS) is 12.7. The van der Waals surface area contributed by atoms with Crippen LogP contribution in [-0.4, -0.2) is 40.5 Å². The number of carboxylic acid groups (broad SMARTS) is 1. The van der Waals surface area contributed by atoms with Crippen LogP contribution in [0.15, 0.2) is 60.9 Å². The molecule has 0 spiro atoms. The van der Waals surface area contributed by atoms with Crippen LogP contribution in [0.2, 0.25) is 0 Å². The summed E-state index contributed by atoms with van der Waals surface area (Å²) >= 11 is 0. The monoisotopic (exact) mass is 531 g/mol. The van der Waals surface area contributed by atoms with Crippen molar-refractivity contribution in [2.45, 2.75) is 51.4 Å². The first-order valence-electron chi connectivity index (χ1n) is 12.0. The summed E-state index contributed by atoms with van der Waals surface area (Å²) in [5.41, 5.74) is 3.78. The summed E-state index contributed by atoms with van der Waals surface area (Å²) in [5, 5.41) is 31.1. The fourth-order valence-electron chi connectivity index (χ4n) is 4.01. The van der Waals surface area contributed by atoms with E-state index < -0.39 is 24.6 Å².